The van der Waals surface area contributed by atoms with Crippen LogP contribution in [0.2, 0.25) is 0 Å². The van der Waals surface area contributed by atoms with Crippen LogP contribution in [0.3, 0.4) is 0 Å². The molecule has 0 amide bonds. The highest BCUT2D eigenvalue weighted by Crippen LogP contribution is 2.53. The highest BCUT2D eigenvalue weighted by Gasteiger charge is 2.66. The van der Waals surface area contributed by atoms with Crippen molar-refractivity contribution in [2.24, 2.45) is 0 Å². The van der Waals surface area contributed by atoms with Gasteiger partial charge in [-0.1, -0.05) is 26.7 Å². The molecule has 0 spiro atoms. The molecule has 2 fully saturated rings. The molecule has 0 saturated carbocycles. The second-order valence-electron chi connectivity index (χ2n) is 6.08. The molecule has 0 aromatic heterocycles. The Hall–Kier alpha value is 0.0149. The molecule has 5 atom stereocenters. The van der Waals surface area contributed by atoms with Crippen LogP contribution >= 0.6 is 7.82 Å². The molecule has 2 radical (unpaired) electrons. The molecule has 2 heterocycles. The van der Waals surface area contributed by atoms with Gasteiger partial charge >= 0.3 is 7.82 Å². The number of hydroxylamine groups is 2. The van der Waals surface area contributed by atoms with E-state index in [1.54, 1.807) is 7.05 Å². The van der Waals surface area contributed by atoms with Gasteiger partial charge in [0.25, 0.3) is 0 Å². The Labute approximate surface area is 144 Å². The number of fused-ring (bicyclic) bond motifs is 2. The molecule has 4 unspecified atom stereocenters. The van der Waals surface area contributed by atoms with Crippen molar-refractivity contribution in [3.8, 4) is 0 Å². The van der Waals surface area contributed by atoms with Crippen molar-refractivity contribution in [2.75, 3.05) is 26.9 Å². The van der Waals surface area contributed by atoms with E-state index in [9.17, 15) is 9.46 Å². The summed E-state index contributed by atoms with van der Waals surface area (Å²) < 4.78 is 34.0. The van der Waals surface area contributed by atoms with Crippen molar-refractivity contribution in [2.45, 2.75) is 63.5 Å². The molecule has 2 aliphatic heterocycles. The Morgan fingerprint density at radius 3 is 2.62 bits per heavy atom. The number of phosphoric ester groups is 1. The summed E-state index contributed by atoms with van der Waals surface area (Å²) in [5, 5.41) is 1.45. The van der Waals surface area contributed by atoms with Gasteiger partial charge in [-0.15, -0.1) is 0 Å². The van der Waals surface area contributed by atoms with E-state index >= 15 is 0 Å². The number of ether oxygens (including phenoxy) is 2. The highest BCUT2D eigenvalue weighted by atomic mass is 31.2. The van der Waals surface area contributed by atoms with E-state index in [1.165, 1.54) is 5.06 Å². The fraction of sp³-hybridized carbons (Fsp3) is 1.00. The minimum atomic E-state index is -4.24. The Balaban J connectivity index is 2.04. The molecule has 2 saturated heterocycles. The van der Waals surface area contributed by atoms with Crippen molar-refractivity contribution in [1.82, 2.24) is 5.06 Å². The molecule has 2 rings (SSSR count). The summed E-state index contributed by atoms with van der Waals surface area (Å²) >= 11 is 0. The lowest BCUT2D eigenvalue weighted by Gasteiger charge is -2.37. The third-order valence-electron chi connectivity index (χ3n) is 4.17. The van der Waals surface area contributed by atoms with Crippen LogP contribution in [0.4, 0.5) is 0 Å². The molecule has 138 valence electrons. The average Bonchev–Trinajstić information content (AvgIpc) is 2.91. The van der Waals surface area contributed by atoms with Crippen molar-refractivity contribution >= 4 is 15.7 Å². The normalized spacial score (nSPS) is 35.4. The van der Waals surface area contributed by atoms with E-state index in [-0.39, 0.29) is 13.2 Å². The fourth-order valence-corrected chi connectivity index (χ4v) is 3.74. The topological polar surface area (TPSA) is 86.7 Å². The number of hydrogen-bond acceptors (Lipinski definition) is 7. The lowest BCUT2D eigenvalue weighted by molar-refractivity contribution is -0.316. The number of nitrogens with zero attached hydrogens (tertiary/aromatic N) is 1. The van der Waals surface area contributed by atoms with Gasteiger partial charge in [0, 0.05) is 19.7 Å². The number of likely N-dealkylation sites (N-methyl/N-ethyl adjacent to an activating group) is 1. The average molecular weight is 363 g/mol. The predicted molar refractivity (Wildman–Crippen MR) is 87.3 cm³/mol. The van der Waals surface area contributed by atoms with Crippen LogP contribution in [0.15, 0.2) is 0 Å². The smallest absolute Gasteiger partial charge is 0.377 e. The summed E-state index contributed by atoms with van der Waals surface area (Å²) in [7, 11) is 3.32. The summed E-state index contributed by atoms with van der Waals surface area (Å²) in [6.45, 7) is 4.83. The molecule has 2 aliphatic rings. The minimum Gasteiger partial charge on any atom is -0.377 e. The standard InChI is InChI=1S/C14H27BNO7P/c1-4-6-8-19-10-14-12(11(13(15)21-14)22-16(14)3)23-24(17,18)20-9-7-5-2/h11-13H,4-10H2,1-3H3,(H,17,18)/t11?,12?,13?,14-/m1/s1. The van der Waals surface area contributed by atoms with Crippen molar-refractivity contribution < 1.29 is 32.8 Å². The second kappa shape index (κ2) is 8.60. The zero-order chi connectivity index (χ0) is 17.8. The fourth-order valence-electron chi connectivity index (χ4n) is 2.75. The zero-order valence-corrected chi connectivity index (χ0v) is 15.4. The van der Waals surface area contributed by atoms with Crippen LogP contribution in [0, 0.1) is 0 Å². The van der Waals surface area contributed by atoms with Gasteiger partial charge in [0.1, 0.15) is 20.1 Å². The first-order chi connectivity index (χ1) is 11.4. The van der Waals surface area contributed by atoms with Gasteiger partial charge in [0.05, 0.1) is 13.2 Å². The third kappa shape index (κ3) is 4.40. The Bertz CT molecular complexity index is 457. The lowest BCUT2D eigenvalue weighted by atomic mass is 9.93. The predicted octanol–water partition coefficient (Wildman–Crippen LogP) is 1.57. The lowest BCUT2D eigenvalue weighted by Crippen LogP contribution is -2.54. The summed E-state index contributed by atoms with van der Waals surface area (Å²) in [4.78, 5) is 15.6. The molecule has 0 aromatic rings. The minimum absolute atomic E-state index is 0.118. The van der Waals surface area contributed by atoms with Crippen LogP contribution in [0.1, 0.15) is 39.5 Å². The molecular formula is C14H27BNO7P. The van der Waals surface area contributed by atoms with Crippen LogP contribution in [0.25, 0.3) is 0 Å². The Kier molecular flexibility index (Phi) is 7.28. The molecule has 8 nitrogen and oxygen atoms in total. The first kappa shape index (κ1) is 20.3. The zero-order valence-electron chi connectivity index (χ0n) is 14.6. The maximum absolute atomic E-state index is 12.2. The summed E-state index contributed by atoms with van der Waals surface area (Å²) in [6.07, 6.45) is 1.84. The monoisotopic (exact) mass is 363 g/mol. The van der Waals surface area contributed by atoms with E-state index < -0.39 is 31.8 Å². The SMILES string of the molecule is [B]C1O[C@]2(COCCCC)C(OP(=O)(O)OCCCC)C1ON2C. The van der Waals surface area contributed by atoms with Gasteiger partial charge in [-0.2, -0.15) is 5.06 Å². The second-order valence-corrected chi connectivity index (χ2v) is 7.49. The van der Waals surface area contributed by atoms with Gasteiger partial charge in [0.15, 0.2) is 5.72 Å². The van der Waals surface area contributed by atoms with E-state index in [0.29, 0.717) is 13.0 Å². The van der Waals surface area contributed by atoms with E-state index in [2.05, 4.69) is 6.92 Å². The molecule has 10 heteroatoms. The first-order valence-electron chi connectivity index (χ1n) is 8.43. The molecule has 0 aliphatic carbocycles. The number of rotatable bonds is 11. The molecule has 24 heavy (non-hydrogen) atoms. The summed E-state index contributed by atoms with van der Waals surface area (Å²) in [6, 6.07) is -0.767. The maximum Gasteiger partial charge on any atom is 0.472 e. The Morgan fingerprint density at radius 1 is 1.29 bits per heavy atom. The highest BCUT2D eigenvalue weighted by molar-refractivity contribution is 7.47. The summed E-state index contributed by atoms with van der Waals surface area (Å²) in [5.74, 6) is 0. The molecular weight excluding hydrogens is 336 g/mol. The van der Waals surface area contributed by atoms with Gasteiger partial charge in [-0.05, 0) is 12.8 Å². The van der Waals surface area contributed by atoms with Gasteiger partial charge in [-0.25, -0.2) is 4.57 Å². The quantitative estimate of drug-likeness (QED) is 0.336. The Morgan fingerprint density at radius 2 is 1.96 bits per heavy atom. The van der Waals surface area contributed by atoms with Crippen LogP contribution in [-0.2, 0) is 27.9 Å². The largest absolute Gasteiger partial charge is 0.472 e. The van der Waals surface area contributed by atoms with Crippen molar-refractivity contribution in [3.05, 3.63) is 0 Å². The number of unbranched alkanes of at least 4 members (excludes halogenated alkanes) is 2. The number of hydrogen-bond donors (Lipinski definition) is 1. The van der Waals surface area contributed by atoms with E-state index in [0.717, 1.165) is 19.3 Å². The van der Waals surface area contributed by atoms with Crippen LogP contribution in [-0.4, -0.2) is 68.6 Å². The van der Waals surface area contributed by atoms with Crippen LogP contribution < -0.4 is 0 Å². The van der Waals surface area contributed by atoms with Crippen molar-refractivity contribution in [1.29, 1.82) is 0 Å². The van der Waals surface area contributed by atoms with E-state index in [4.69, 9.17) is 31.2 Å². The first-order valence-corrected chi connectivity index (χ1v) is 9.93. The molecule has 1 N–H and O–H groups in total. The number of phosphoric acid groups is 1. The van der Waals surface area contributed by atoms with Gasteiger partial charge in [-0.3, -0.25) is 13.9 Å². The van der Waals surface area contributed by atoms with Crippen LogP contribution in [0.5, 0.6) is 0 Å². The van der Waals surface area contributed by atoms with E-state index in [1.807, 2.05) is 6.92 Å². The third-order valence-corrected chi connectivity index (χ3v) is 5.17. The van der Waals surface area contributed by atoms with Gasteiger partial charge < -0.3 is 14.4 Å². The molecule has 2 bridgehead atoms. The summed E-state index contributed by atoms with van der Waals surface area (Å²) in [5.41, 5.74) is -1.16. The van der Waals surface area contributed by atoms with Gasteiger partial charge in [0.2, 0.25) is 0 Å². The van der Waals surface area contributed by atoms with Crippen molar-refractivity contribution in [3.63, 3.8) is 0 Å². The molecule has 0 aromatic carbocycles. The maximum atomic E-state index is 12.2.